The molecule has 2 fully saturated rings. The summed E-state index contributed by atoms with van der Waals surface area (Å²) in [7, 11) is 0. The van der Waals surface area contributed by atoms with E-state index in [0.29, 0.717) is 24.8 Å². The maximum absolute atomic E-state index is 13.5. The third kappa shape index (κ3) is 4.42. The van der Waals surface area contributed by atoms with E-state index in [0.717, 1.165) is 39.1 Å². The summed E-state index contributed by atoms with van der Waals surface area (Å²) in [6.45, 7) is 5.21. The Labute approximate surface area is 136 Å². The van der Waals surface area contributed by atoms with Gasteiger partial charge >= 0.3 is 6.03 Å². The van der Waals surface area contributed by atoms with Crippen LogP contribution >= 0.6 is 0 Å². The number of carbonyl (C=O) groups is 1. The fraction of sp³-hybridized carbons (Fsp3) is 0.588. The van der Waals surface area contributed by atoms with Crippen molar-refractivity contribution in [2.75, 3.05) is 39.3 Å². The van der Waals surface area contributed by atoms with Crippen molar-refractivity contribution in [3.8, 4) is 0 Å². The van der Waals surface area contributed by atoms with Gasteiger partial charge in [0, 0.05) is 51.4 Å². The standard InChI is InChI=1S/C17H24FN3O2/c18-16-6-2-1-4-14(16)12-19-17(22)21-9-7-20(8-10-21)13-15-5-3-11-23-15/h1-2,4,6,15H,3,5,7-13H2,(H,19,22). The van der Waals surface area contributed by atoms with Gasteiger partial charge in [-0.25, -0.2) is 9.18 Å². The molecule has 1 N–H and O–H groups in total. The maximum atomic E-state index is 13.5. The topological polar surface area (TPSA) is 44.8 Å². The van der Waals surface area contributed by atoms with Gasteiger partial charge in [-0.3, -0.25) is 4.90 Å². The number of piperazine rings is 1. The molecule has 0 bridgehead atoms. The van der Waals surface area contributed by atoms with Crippen LogP contribution in [0.15, 0.2) is 24.3 Å². The lowest BCUT2D eigenvalue weighted by Gasteiger charge is -2.35. The van der Waals surface area contributed by atoms with Gasteiger partial charge in [0.05, 0.1) is 6.10 Å². The third-order valence-corrected chi connectivity index (χ3v) is 4.53. The second-order valence-electron chi connectivity index (χ2n) is 6.17. The zero-order chi connectivity index (χ0) is 16.1. The average molecular weight is 321 g/mol. The van der Waals surface area contributed by atoms with E-state index in [9.17, 15) is 9.18 Å². The highest BCUT2D eigenvalue weighted by Crippen LogP contribution is 2.14. The highest BCUT2D eigenvalue weighted by atomic mass is 19.1. The first-order valence-electron chi connectivity index (χ1n) is 8.32. The molecule has 2 saturated heterocycles. The van der Waals surface area contributed by atoms with E-state index in [1.807, 2.05) is 0 Å². The molecular weight excluding hydrogens is 297 g/mol. The Morgan fingerprint density at radius 1 is 1.26 bits per heavy atom. The highest BCUT2D eigenvalue weighted by molar-refractivity contribution is 5.74. The molecule has 2 aliphatic heterocycles. The van der Waals surface area contributed by atoms with Crippen LogP contribution in [0.25, 0.3) is 0 Å². The molecule has 2 aliphatic rings. The monoisotopic (exact) mass is 321 g/mol. The molecule has 1 unspecified atom stereocenters. The van der Waals surface area contributed by atoms with E-state index in [1.54, 1.807) is 23.1 Å². The molecule has 2 heterocycles. The van der Waals surface area contributed by atoms with Crippen LogP contribution in [0.3, 0.4) is 0 Å². The van der Waals surface area contributed by atoms with Gasteiger partial charge in [-0.05, 0) is 18.9 Å². The van der Waals surface area contributed by atoms with E-state index < -0.39 is 0 Å². The number of rotatable bonds is 4. The number of carbonyl (C=O) groups excluding carboxylic acids is 1. The van der Waals surface area contributed by atoms with E-state index in [4.69, 9.17) is 4.74 Å². The number of urea groups is 1. The first-order valence-corrected chi connectivity index (χ1v) is 8.32. The average Bonchev–Trinajstić information content (AvgIpc) is 3.07. The van der Waals surface area contributed by atoms with Crippen LogP contribution in [-0.2, 0) is 11.3 Å². The van der Waals surface area contributed by atoms with Gasteiger partial charge in [0.15, 0.2) is 0 Å². The lowest BCUT2D eigenvalue weighted by molar-refractivity contribution is 0.0561. The molecule has 5 nitrogen and oxygen atoms in total. The van der Waals surface area contributed by atoms with E-state index in [1.165, 1.54) is 6.07 Å². The number of nitrogens with one attached hydrogen (secondary N) is 1. The summed E-state index contributed by atoms with van der Waals surface area (Å²) in [5.41, 5.74) is 0.512. The molecule has 0 saturated carbocycles. The van der Waals surface area contributed by atoms with Gasteiger partial charge < -0.3 is 15.0 Å². The summed E-state index contributed by atoms with van der Waals surface area (Å²) < 4.78 is 19.2. The van der Waals surface area contributed by atoms with E-state index in [-0.39, 0.29) is 18.4 Å². The van der Waals surface area contributed by atoms with Crippen LogP contribution in [0.5, 0.6) is 0 Å². The number of hydrogen-bond donors (Lipinski definition) is 1. The molecule has 0 spiro atoms. The number of hydrogen-bond acceptors (Lipinski definition) is 3. The number of nitrogens with zero attached hydrogens (tertiary/aromatic N) is 2. The molecule has 23 heavy (non-hydrogen) atoms. The summed E-state index contributed by atoms with van der Waals surface area (Å²) in [6.07, 6.45) is 2.66. The fourth-order valence-electron chi connectivity index (χ4n) is 3.13. The molecule has 2 amide bonds. The Morgan fingerprint density at radius 3 is 2.74 bits per heavy atom. The molecule has 126 valence electrons. The minimum atomic E-state index is -0.283. The number of benzene rings is 1. The lowest BCUT2D eigenvalue weighted by atomic mass is 10.2. The van der Waals surface area contributed by atoms with Gasteiger partial charge in [0.25, 0.3) is 0 Å². The molecule has 6 heteroatoms. The normalized spacial score (nSPS) is 22.3. The van der Waals surface area contributed by atoms with Crippen LogP contribution in [0.2, 0.25) is 0 Å². The van der Waals surface area contributed by atoms with E-state index in [2.05, 4.69) is 10.2 Å². The van der Waals surface area contributed by atoms with Gasteiger partial charge in [0.1, 0.15) is 5.82 Å². The number of ether oxygens (including phenoxy) is 1. The maximum Gasteiger partial charge on any atom is 0.317 e. The minimum absolute atomic E-state index is 0.120. The summed E-state index contributed by atoms with van der Waals surface area (Å²) in [4.78, 5) is 16.3. The quantitative estimate of drug-likeness (QED) is 0.920. The summed E-state index contributed by atoms with van der Waals surface area (Å²) >= 11 is 0. The Kier molecular flexibility index (Phi) is 5.46. The van der Waals surface area contributed by atoms with Crippen LogP contribution in [0, 0.1) is 5.82 Å². The van der Waals surface area contributed by atoms with Gasteiger partial charge in [-0.15, -0.1) is 0 Å². The van der Waals surface area contributed by atoms with Crippen molar-refractivity contribution < 1.29 is 13.9 Å². The first kappa shape index (κ1) is 16.2. The van der Waals surface area contributed by atoms with Gasteiger partial charge in [-0.2, -0.15) is 0 Å². The van der Waals surface area contributed by atoms with E-state index >= 15 is 0 Å². The molecule has 0 aliphatic carbocycles. The van der Waals surface area contributed by atoms with Crippen molar-refractivity contribution >= 4 is 6.03 Å². The van der Waals surface area contributed by atoms with Crippen molar-refractivity contribution in [1.82, 2.24) is 15.1 Å². The summed E-state index contributed by atoms with van der Waals surface area (Å²) in [5, 5.41) is 2.80. The number of amides is 2. The van der Waals surface area contributed by atoms with Crippen molar-refractivity contribution in [2.45, 2.75) is 25.5 Å². The first-order chi connectivity index (χ1) is 11.2. The molecule has 0 aromatic heterocycles. The van der Waals surface area contributed by atoms with Gasteiger partial charge in [0.2, 0.25) is 0 Å². The van der Waals surface area contributed by atoms with Crippen LogP contribution in [-0.4, -0.2) is 61.3 Å². The molecular formula is C17H24FN3O2. The van der Waals surface area contributed by atoms with Crippen molar-refractivity contribution in [3.05, 3.63) is 35.6 Å². The van der Waals surface area contributed by atoms with Crippen LogP contribution in [0.4, 0.5) is 9.18 Å². The predicted octanol–water partition coefficient (Wildman–Crippen LogP) is 1.83. The Bertz CT molecular complexity index is 526. The molecule has 3 rings (SSSR count). The van der Waals surface area contributed by atoms with Crippen LogP contribution < -0.4 is 5.32 Å². The van der Waals surface area contributed by atoms with Gasteiger partial charge in [-0.1, -0.05) is 18.2 Å². The summed E-state index contributed by atoms with van der Waals surface area (Å²) in [6, 6.07) is 6.40. The zero-order valence-corrected chi connectivity index (χ0v) is 13.3. The lowest BCUT2D eigenvalue weighted by Crippen LogP contribution is -2.52. The second kappa shape index (κ2) is 7.75. The number of halogens is 1. The Hall–Kier alpha value is -1.66. The SMILES string of the molecule is O=C(NCc1ccccc1F)N1CCN(CC2CCCO2)CC1. The Balaban J connectivity index is 1.40. The zero-order valence-electron chi connectivity index (χ0n) is 13.3. The predicted molar refractivity (Wildman–Crippen MR) is 85.6 cm³/mol. The van der Waals surface area contributed by atoms with Crippen molar-refractivity contribution in [3.63, 3.8) is 0 Å². The Morgan fingerprint density at radius 2 is 2.04 bits per heavy atom. The molecule has 1 aromatic carbocycles. The molecule has 1 atom stereocenters. The smallest absolute Gasteiger partial charge is 0.317 e. The fourth-order valence-corrected chi connectivity index (χ4v) is 3.13. The minimum Gasteiger partial charge on any atom is -0.377 e. The second-order valence-corrected chi connectivity index (χ2v) is 6.17. The van der Waals surface area contributed by atoms with Crippen molar-refractivity contribution in [2.24, 2.45) is 0 Å². The van der Waals surface area contributed by atoms with Crippen molar-refractivity contribution in [1.29, 1.82) is 0 Å². The highest BCUT2D eigenvalue weighted by Gasteiger charge is 2.24. The largest absolute Gasteiger partial charge is 0.377 e. The molecule has 0 radical (unpaired) electrons. The summed E-state index contributed by atoms with van der Waals surface area (Å²) in [5.74, 6) is -0.283. The van der Waals surface area contributed by atoms with Crippen LogP contribution in [0.1, 0.15) is 18.4 Å². The third-order valence-electron chi connectivity index (χ3n) is 4.53. The molecule has 1 aromatic rings.